The number of carbonyl (C=O) groups excluding carboxylic acids is 1. The number of nitrogens with one attached hydrogen (secondary N) is 1. The molecule has 1 aromatic heterocycles. The van der Waals surface area contributed by atoms with E-state index in [0.29, 0.717) is 19.6 Å². The molecule has 134 valence electrons. The third kappa shape index (κ3) is 5.21. The van der Waals surface area contributed by atoms with Crippen molar-refractivity contribution in [3.8, 4) is 5.75 Å². The van der Waals surface area contributed by atoms with Crippen LogP contribution in [0.2, 0.25) is 0 Å². The Kier molecular flexibility index (Phi) is 6.04. The van der Waals surface area contributed by atoms with E-state index in [9.17, 15) is 4.79 Å². The lowest BCUT2D eigenvalue weighted by Gasteiger charge is -2.08. The summed E-state index contributed by atoms with van der Waals surface area (Å²) in [6, 6.07) is 15.9. The Morgan fingerprint density at radius 2 is 1.73 bits per heavy atom. The summed E-state index contributed by atoms with van der Waals surface area (Å²) in [5.74, 6) is 0.837. The van der Waals surface area contributed by atoms with Crippen LogP contribution in [0.3, 0.4) is 0 Å². The number of rotatable bonds is 8. The summed E-state index contributed by atoms with van der Waals surface area (Å²) in [7, 11) is 0. The summed E-state index contributed by atoms with van der Waals surface area (Å²) >= 11 is 0. The van der Waals surface area contributed by atoms with Crippen LogP contribution < -0.4 is 10.1 Å². The van der Waals surface area contributed by atoms with Gasteiger partial charge in [0, 0.05) is 25.5 Å². The Labute approximate surface area is 153 Å². The van der Waals surface area contributed by atoms with Gasteiger partial charge in [-0.1, -0.05) is 36.4 Å². The molecule has 0 fully saturated rings. The van der Waals surface area contributed by atoms with Gasteiger partial charge in [-0.3, -0.25) is 4.79 Å². The van der Waals surface area contributed by atoms with E-state index in [2.05, 4.69) is 22.4 Å². The summed E-state index contributed by atoms with van der Waals surface area (Å²) < 4.78 is 7.43. The number of aromatic nitrogens is 2. The van der Waals surface area contributed by atoms with Crippen LogP contribution in [0.15, 0.2) is 67.3 Å². The number of hydrogen-bond donors (Lipinski definition) is 1. The van der Waals surface area contributed by atoms with Crippen LogP contribution in [-0.2, 0) is 24.3 Å². The molecule has 0 aliphatic rings. The van der Waals surface area contributed by atoms with Gasteiger partial charge in [0.25, 0.3) is 0 Å². The molecule has 0 aliphatic carbocycles. The average molecular weight is 349 g/mol. The molecule has 0 atom stereocenters. The van der Waals surface area contributed by atoms with Gasteiger partial charge >= 0.3 is 0 Å². The van der Waals surface area contributed by atoms with Crippen molar-refractivity contribution in [2.24, 2.45) is 0 Å². The van der Waals surface area contributed by atoms with Crippen LogP contribution >= 0.6 is 0 Å². The topological polar surface area (TPSA) is 56.1 Å². The maximum atomic E-state index is 12.1. The van der Waals surface area contributed by atoms with E-state index in [1.54, 1.807) is 12.5 Å². The average Bonchev–Trinajstić information content (AvgIpc) is 3.16. The fraction of sp³-hybridized carbons (Fsp3) is 0.238. The smallest absolute Gasteiger partial charge is 0.224 e. The van der Waals surface area contributed by atoms with E-state index < -0.39 is 0 Å². The normalized spacial score (nSPS) is 10.5. The predicted octanol–water partition coefficient (Wildman–Crippen LogP) is 3.19. The number of hydrogen-bond acceptors (Lipinski definition) is 3. The maximum Gasteiger partial charge on any atom is 0.224 e. The second-order valence-electron chi connectivity index (χ2n) is 6.08. The minimum atomic E-state index is 0.0108. The molecule has 3 aromatic rings. The SMILES string of the molecule is CCOc1ccc(CC(=O)NCc2ccc(Cn3ccnc3)cc2)cc1. The first-order chi connectivity index (χ1) is 12.7. The number of ether oxygens (including phenoxy) is 1. The zero-order valence-corrected chi connectivity index (χ0v) is 14.9. The molecule has 0 saturated heterocycles. The van der Waals surface area contributed by atoms with Crippen molar-refractivity contribution >= 4 is 5.91 Å². The van der Waals surface area contributed by atoms with Crippen molar-refractivity contribution in [1.82, 2.24) is 14.9 Å². The molecule has 0 spiro atoms. The zero-order chi connectivity index (χ0) is 18.2. The quantitative estimate of drug-likeness (QED) is 0.679. The molecule has 3 rings (SSSR count). The Bertz CT molecular complexity index is 809. The molecular weight excluding hydrogens is 326 g/mol. The van der Waals surface area contributed by atoms with Crippen molar-refractivity contribution in [1.29, 1.82) is 0 Å². The van der Waals surface area contributed by atoms with E-state index >= 15 is 0 Å². The van der Waals surface area contributed by atoms with Gasteiger partial charge in [-0.2, -0.15) is 0 Å². The molecule has 0 unspecified atom stereocenters. The van der Waals surface area contributed by atoms with Gasteiger partial charge in [0.05, 0.1) is 19.4 Å². The fourth-order valence-electron chi connectivity index (χ4n) is 2.67. The van der Waals surface area contributed by atoms with E-state index in [-0.39, 0.29) is 5.91 Å². The lowest BCUT2D eigenvalue weighted by molar-refractivity contribution is -0.120. The number of benzene rings is 2. The monoisotopic (exact) mass is 349 g/mol. The highest BCUT2D eigenvalue weighted by molar-refractivity contribution is 5.78. The van der Waals surface area contributed by atoms with Crippen molar-refractivity contribution in [2.75, 3.05) is 6.61 Å². The van der Waals surface area contributed by atoms with Gasteiger partial charge in [0.2, 0.25) is 5.91 Å². The van der Waals surface area contributed by atoms with Gasteiger partial charge in [-0.15, -0.1) is 0 Å². The lowest BCUT2D eigenvalue weighted by Crippen LogP contribution is -2.24. The molecule has 5 heteroatoms. The first kappa shape index (κ1) is 17.7. The van der Waals surface area contributed by atoms with Crippen molar-refractivity contribution in [2.45, 2.75) is 26.4 Å². The summed E-state index contributed by atoms with van der Waals surface area (Å²) in [6.45, 7) is 3.91. The molecule has 2 aromatic carbocycles. The van der Waals surface area contributed by atoms with E-state index in [1.165, 1.54) is 5.56 Å². The second-order valence-corrected chi connectivity index (χ2v) is 6.08. The Hall–Kier alpha value is -3.08. The standard InChI is InChI=1S/C21H23N3O2/c1-2-26-20-9-7-17(8-10-20)13-21(25)23-14-18-3-5-19(6-4-18)15-24-12-11-22-16-24/h3-12,16H,2,13-15H2,1H3,(H,23,25). The molecule has 0 bridgehead atoms. The van der Waals surface area contributed by atoms with E-state index in [0.717, 1.165) is 23.4 Å². The van der Waals surface area contributed by atoms with Gasteiger partial charge in [-0.25, -0.2) is 4.98 Å². The Morgan fingerprint density at radius 1 is 1.04 bits per heavy atom. The van der Waals surface area contributed by atoms with Gasteiger partial charge in [-0.05, 0) is 35.7 Å². The highest BCUT2D eigenvalue weighted by Gasteiger charge is 2.04. The summed E-state index contributed by atoms with van der Waals surface area (Å²) in [6.07, 6.45) is 5.88. The summed E-state index contributed by atoms with van der Waals surface area (Å²) in [4.78, 5) is 16.2. The van der Waals surface area contributed by atoms with Crippen molar-refractivity contribution < 1.29 is 9.53 Å². The number of amides is 1. The molecular formula is C21H23N3O2. The van der Waals surface area contributed by atoms with Crippen LogP contribution in [0, 0.1) is 0 Å². The highest BCUT2D eigenvalue weighted by Crippen LogP contribution is 2.12. The predicted molar refractivity (Wildman–Crippen MR) is 101 cm³/mol. The van der Waals surface area contributed by atoms with Gasteiger partial charge in [0.1, 0.15) is 5.75 Å². The third-order valence-electron chi connectivity index (χ3n) is 4.04. The Balaban J connectivity index is 1.46. The maximum absolute atomic E-state index is 12.1. The van der Waals surface area contributed by atoms with Crippen LogP contribution in [0.1, 0.15) is 23.6 Å². The third-order valence-corrected chi connectivity index (χ3v) is 4.04. The molecule has 0 aliphatic heterocycles. The highest BCUT2D eigenvalue weighted by atomic mass is 16.5. The largest absolute Gasteiger partial charge is 0.494 e. The number of imidazole rings is 1. The van der Waals surface area contributed by atoms with E-state index in [1.807, 2.05) is 54.1 Å². The molecule has 26 heavy (non-hydrogen) atoms. The summed E-state index contributed by atoms with van der Waals surface area (Å²) in [5, 5.41) is 2.97. The van der Waals surface area contributed by atoms with Crippen molar-refractivity contribution in [3.05, 3.63) is 83.9 Å². The Morgan fingerprint density at radius 3 is 2.38 bits per heavy atom. The van der Waals surface area contributed by atoms with Gasteiger partial charge < -0.3 is 14.6 Å². The summed E-state index contributed by atoms with van der Waals surface area (Å²) in [5.41, 5.74) is 3.26. The van der Waals surface area contributed by atoms with Crippen molar-refractivity contribution in [3.63, 3.8) is 0 Å². The van der Waals surface area contributed by atoms with E-state index in [4.69, 9.17) is 4.74 Å². The number of nitrogens with zero attached hydrogens (tertiary/aromatic N) is 2. The second kappa shape index (κ2) is 8.85. The molecule has 1 N–H and O–H groups in total. The lowest BCUT2D eigenvalue weighted by atomic mass is 10.1. The van der Waals surface area contributed by atoms with Crippen LogP contribution in [-0.4, -0.2) is 22.1 Å². The van der Waals surface area contributed by atoms with Gasteiger partial charge in [0.15, 0.2) is 0 Å². The van der Waals surface area contributed by atoms with Crippen LogP contribution in [0.5, 0.6) is 5.75 Å². The molecule has 1 amide bonds. The molecule has 5 nitrogen and oxygen atoms in total. The molecule has 0 radical (unpaired) electrons. The van der Waals surface area contributed by atoms with Crippen LogP contribution in [0.25, 0.3) is 0 Å². The molecule has 0 saturated carbocycles. The van der Waals surface area contributed by atoms with Crippen LogP contribution in [0.4, 0.5) is 0 Å². The fourth-order valence-corrected chi connectivity index (χ4v) is 2.67. The minimum absolute atomic E-state index is 0.0108. The first-order valence-corrected chi connectivity index (χ1v) is 8.75. The molecule has 1 heterocycles. The first-order valence-electron chi connectivity index (χ1n) is 8.75. The zero-order valence-electron chi connectivity index (χ0n) is 14.9. The minimum Gasteiger partial charge on any atom is -0.494 e. The number of carbonyl (C=O) groups is 1.